The lowest BCUT2D eigenvalue weighted by atomic mass is 10.1. The zero-order chi connectivity index (χ0) is 26.1. The van der Waals surface area contributed by atoms with E-state index in [0.717, 1.165) is 11.3 Å². The zero-order valence-electron chi connectivity index (χ0n) is 20.9. The van der Waals surface area contributed by atoms with E-state index in [9.17, 15) is 13.2 Å². The molecule has 0 fully saturated rings. The molecule has 0 aromatic heterocycles. The van der Waals surface area contributed by atoms with Crippen LogP contribution in [0.15, 0.2) is 72.8 Å². The highest BCUT2D eigenvalue weighted by atomic mass is 32.2. The number of hydrogen-bond acceptors (Lipinski definition) is 6. The number of rotatable bonds is 12. The van der Waals surface area contributed by atoms with Gasteiger partial charge in [0.1, 0.15) is 23.9 Å². The molecule has 0 atom stereocenters. The number of nitrogens with one attached hydrogen (secondary N) is 1. The Hall–Kier alpha value is -3.72. The van der Waals surface area contributed by atoms with Crippen LogP contribution in [0.4, 0.5) is 5.69 Å². The number of carbonyl (C=O) groups is 1. The molecule has 1 amide bonds. The van der Waals surface area contributed by atoms with Crippen LogP contribution in [0.25, 0.3) is 0 Å². The van der Waals surface area contributed by atoms with Crippen LogP contribution in [0.2, 0.25) is 0 Å². The molecule has 0 radical (unpaired) electrons. The van der Waals surface area contributed by atoms with Crippen molar-refractivity contribution in [1.82, 2.24) is 5.32 Å². The van der Waals surface area contributed by atoms with Crippen molar-refractivity contribution in [3.05, 3.63) is 83.9 Å². The van der Waals surface area contributed by atoms with E-state index in [0.29, 0.717) is 35.9 Å². The summed E-state index contributed by atoms with van der Waals surface area (Å²) in [6.45, 7) is 4.65. The summed E-state index contributed by atoms with van der Waals surface area (Å²) in [5, 5.41) is 2.81. The first kappa shape index (κ1) is 26.9. The average molecular weight is 513 g/mol. The zero-order valence-corrected chi connectivity index (χ0v) is 21.7. The Morgan fingerprint density at radius 1 is 0.889 bits per heavy atom. The molecule has 0 heterocycles. The molecule has 3 rings (SSSR count). The van der Waals surface area contributed by atoms with Gasteiger partial charge in [-0.1, -0.05) is 12.1 Å². The summed E-state index contributed by atoms with van der Waals surface area (Å²) in [5.74, 6) is 1.87. The summed E-state index contributed by atoms with van der Waals surface area (Å²) in [6, 6.07) is 21.0. The Balaban J connectivity index is 1.56. The summed E-state index contributed by atoms with van der Waals surface area (Å²) < 4.78 is 42.6. The number of benzene rings is 3. The van der Waals surface area contributed by atoms with Crippen molar-refractivity contribution in [1.29, 1.82) is 0 Å². The first-order valence-corrected chi connectivity index (χ1v) is 13.4. The summed E-state index contributed by atoms with van der Waals surface area (Å²) in [6.07, 6.45) is 1.19. The van der Waals surface area contributed by atoms with Crippen molar-refractivity contribution in [3.63, 3.8) is 0 Å². The van der Waals surface area contributed by atoms with Gasteiger partial charge in [0, 0.05) is 5.56 Å². The average Bonchev–Trinajstić information content (AvgIpc) is 2.85. The standard InChI is InChI=1S/C27H32N2O6S/c1-20(2)35-26-11-9-23(10-12-26)29(36(4,31)32)19-21-5-7-22(8-6-21)27(30)28-17-18-34-25-15-13-24(33-3)14-16-25/h5-16,20H,17-19H2,1-4H3,(H,28,30). The first-order valence-electron chi connectivity index (χ1n) is 11.5. The van der Waals surface area contributed by atoms with Crippen molar-refractivity contribution < 1.29 is 27.4 Å². The molecule has 0 bridgehead atoms. The van der Waals surface area contributed by atoms with Gasteiger partial charge in [-0.25, -0.2) is 8.42 Å². The van der Waals surface area contributed by atoms with Crippen molar-refractivity contribution in [2.45, 2.75) is 26.5 Å². The van der Waals surface area contributed by atoms with E-state index in [1.165, 1.54) is 10.6 Å². The van der Waals surface area contributed by atoms with Gasteiger partial charge in [-0.2, -0.15) is 0 Å². The topological polar surface area (TPSA) is 94.2 Å². The Bertz CT molecular complexity index is 1220. The lowest BCUT2D eigenvalue weighted by molar-refractivity contribution is 0.0947. The summed E-state index contributed by atoms with van der Waals surface area (Å²) in [7, 11) is -1.93. The molecule has 0 saturated carbocycles. The molecule has 0 unspecified atom stereocenters. The van der Waals surface area contributed by atoms with Crippen molar-refractivity contribution in [2.24, 2.45) is 0 Å². The maximum Gasteiger partial charge on any atom is 0.251 e. The fourth-order valence-electron chi connectivity index (χ4n) is 3.40. The Morgan fingerprint density at radius 3 is 2.03 bits per heavy atom. The molecular weight excluding hydrogens is 480 g/mol. The molecule has 0 aliphatic rings. The van der Waals surface area contributed by atoms with Gasteiger partial charge >= 0.3 is 0 Å². The highest BCUT2D eigenvalue weighted by Gasteiger charge is 2.18. The van der Waals surface area contributed by atoms with Gasteiger partial charge in [-0.3, -0.25) is 9.10 Å². The van der Waals surface area contributed by atoms with Crippen molar-refractivity contribution in [2.75, 3.05) is 30.8 Å². The SMILES string of the molecule is COc1ccc(OCCNC(=O)c2ccc(CN(c3ccc(OC(C)C)cc3)S(C)(=O)=O)cc2)cc1. The Kier molecular flexibility index (Phi) is 9.19. The Morgan fingerprint density at radius 2 is 1.47 bits per heavy atom. The number of methoxy groups -OCH3 is 1. The number of carbonyl (C=O) groups excluding carboxylic acids is 1. The van der Waals surface area contributed by atoms with E-state index in [4.69, 9.17) is 14.2 Å². The van der Waals surface area contributed by atoms with Crippen LogP contribution in [0.1, 0.15) is 29.8 Å². The number of anilines is 1. The first-order chi connectivity index (χ1) is 17.2. The number of ether oxygens (including phenoxy) is 3. The Labute approximate surface area is 212 Å². The molecule has 8 nitrogen and oxygen atoms in total. The second-order valence-corrected chi connectivity index (χ2v) is 10.3. The van der Waals surface area contributed by atoms with Gasteiger partial charge < -0.3 is 19.5 Å². The minimum Gasteiger partial charge on any atom is -0.497 e. The molecule has 0 aliphatic carbocycles. The third-order valence-electron chi connectivity index (χ3n) is 5.15. The lowest BCUT2D eigenvalue weighted by Crippen LogP contribution is -2.29. The molecule has 3 aromatic carbocycles. The molecule has 0 saturated heterocycles. The number of nitrogens with zero attached hydrogens (tertiary/aromatic N) is 1. The summed E-state index contributed by atoms with van der Waals surface area (Å²) >= 11 is 0. The van der Waals surface area contributed by atoms with Crippen molar-refractivity contribution in [3.8, 4) is 17.2 Å². The van der Waals surface area contributed by atoms with Crippen LogP contribution in [0, 0.1) is 0 Å². The molecule has 1 N–H and O–H groups in total. The van der Waals surface area contributed by atoms with E-state index < -0.39 is 10.0 Å². The predicted molar refractivity (Wildman–Crippen MR) is 140 cm³/mol. The molecule has 192 valence electrons. The second-order valence-electron chi connectivity index (χ2n) is 8.41. The van der Waals surface area contributed by atoms with E-state index in [1.807, 2.05) is 13.8 Å². The van der Waals surface area contributed by atoms with Gasteiger partial charge in [0.2, 0.25) is 10.0 Å². The molecule has 0 aliphatic heterocycles. The monoisotopic (exact) mass is 512 g/mol. The summed E-state index contributed by atoms with van der Waals surface area (Å²) in [5.41, 5.74) is 1.76. The molecule has 0 spiro atoms. The normalized spacial score (nSPS) is 11.1. The number of hydrogen-bond donors (Lipinski definition) is 1. The van der Waals surface area contributed by atoms with E-state index >= 15 is 0 Å². The van der Waals surface area contributed by atoms with Crippen LogP contribution in [-0.4, -0.2) is 46.9 Å². The maximum atomic E-state index is 12.5. The molecule has 36 heavy (non-hydrogen) atoms. The van der Waals surface area contributed by atoms with Gasteiger partial charge in [0.05, 0.1) is 38.2 Å². The van der Waals surface area contributed by atoms with Crippen LogP contribution >= 0.6 is 0 Å². The third kappa shape index (κ3) is 7.91. The molecule has 3 aromatic rings. The third-order valence-corrected chi connectivity index (χ3v) is 6.30. The van der Waals surface area contributed by atoms with E-state index in [2.05, 4.69) is 5.32 Å². The molecular formula is C27H32N2O6S. The maximum absolute atomic E-state index is 12.5. The van der Waals surface area contributed by atoms with Gasteiger partial charge in [-0.15, -0.1) is 0 Å². The fourth-order valence-corrected chi connectivity index (χ4v) is 4.29. The van der Waals surface area contributed by atoms with Gasteiger partial charge in [-0.05, 0) is 80.1 Å². The smallest absolute Gasteiger partial charge is 0.251 e. The number of sulfonamides is 1. The van der Waals surface area contributed by atoms with Crippen LogP contribution < -0.4 is 23.8 Å². The van der Waals surface area contributed by atoms with Crippen molar-refractivity contribution >= 4 is 21.6 Å². The van der Waals surface area contributed by atoms with Gasteiger partial charge in [0.15, 0.2) is 0 Å². The minimum atomic E-state index is -3.53. The highest BCUT2D eigenvalue weighted by molar-refractivity contribution is 7.92. The largest absolute Gasteiger partial charge is 0.497 e. The summed E-state index contributed by atoms with van der Waals surface area (Å²) in [4.78, 5) is 12.5. The van der Waals surface area contributed by atoms with E-state index in [1.54, 1.807) is 79.9 Å². The van der Waals surface area contributed by atoms with Gasteiger partial charge in [0.25, 0.3) is 5.91 Å². The predicted octanol–water partition coefficient (Wildman–Crippen LogP) is 4.26. The minimum absolute atomic E-state index is 0.0265. The highest BCUT2D eigenvalue weighted by Crippen LogP contribution is 2.24. The quantitative estimate of drug-likeness (QED) is 0.365. The molecule has 9 heteroatoms. The second kappa shape index (κ2) is 12.3. The van der Waals surface area contributed by atoms with Crippen LogP contribution in [0.5, 0.6) is 17.2 Å². The van der Waals surface area contributed by atoms with E-state index in [-0.39, 0.29) is 18.6 Å². The fraction of sp³-hybridized carbons (Fsp3) is 0.296. The van der Waals surface area contributed by atoms with Crippen LogP contribution in [-0.2, 0) is 16.6 Å². The van der Waals surface area contributed by atoms with Crippen LogP contribution in [0.3, 0.4) is 0 Å². The lowest BCUT2D eigenvalue weighted by Gasteiger charge is -2.23. The number of amides is 1.